The molecular formula is C12H24N4O. The second kappa shape index (κ2) is 7.70. The molecule has 0 saturated carbocycles. The van der Waals surface area contributed by atoms with Crippen molar-refractivity contribution in [2.24, 2.45) is 10.4 Å². The van der Waals surface area contributed by atoms with Crippen LogP contribution in [0.3, 0.4) is 0 Å². The van der Waals surface area contributed by atoms with E-state index in [1.165, 1.54) is 0 Å². The zero-order valence-corrected chi connectivity index (χ0v) is 11.3. The molecule has 0 aromatic carbocycles. The summed E-state index contributed by atoms with van der Waals surface area (Å²) < 4.78 is 0. The fourth-order valence-corrected chi connectivity index (χ4v) is 1.17. The van der Waals surface area contributed by atoms with Gasteiger partial charge in [0.2, 0.25) is 5.91 Å². The van der Waals surface area contributed by atoms with Gasteiger partial charge in [0.25, 0.3) is 0 Å². The van der Waals surface area contributed by atoms with Crippen LogP contribution in [0.4, 0.5) is 0 Å². The number of hydrogen-bond donors (Lipinski definition) is 3. The molecule has 0 aromatic heterocycles. The average molecular weight is 240 g/mol. The molecule has 0 unspecified atom stereocenters. The molecule has 0 atom stereocenters. The van der Waals surface area contributed by atoms with E-state index in [1.54, 1.807) is 13.1 Å². The number of aliphatic imine (C=N–C) groups is 1. The minimum Gasteiger partial charge on any atom is -0.356 e. The number of carbonyl (C=O) groups excluding carboxylic acids is 1. The maximum Gasteiger partial charge on any atom is 0.227 e. The lowest BCUT2D eigenvalue weighted by Crippen LogP contribution is -2.47. The van der Waals surface area contributed by atoms with Gasteiger partial charge < -0.3 is 16.0 Å². The summed E-state index contributed by atoms with van der Waals surface area (Å²) in [5, 5.41) is 8.98. The molecule has 0 rings (SSSR count). The van der Waals surface area contributed by atoms with Crippen LogP contribution in [0.1, 0.15) is 20.8 Å². The van der Waals surface area contributed by atoms with Gasteiger partial charge in [-0.25, -0.2) is 0 Å². The quantitative estimate of drug-likeness (QED) is 0.360. The largest absolute Gasteiger partial charge is 0.356 e. The maximum absolute atomic E-state index is 11.8. The van der Waals surface area contributed by atoms with Crippen molar-refractivity contribution in [1.29, 1.82) is 0 Å². The van der Waals surface area contributed by atoms with E-state index in [9.17, 15) is 4.79 Å². The third kappa shape index (κ3) is 5.94. The lowest BCUT2D eigenvalue weighted by Gasteiger charge is -2.24. The molecule has 1 amide bonds. The first-order chi connectivity index (χ1) is 7.97. The number of amides is 1. The van der Waals surface area contributed by atoms with Crippen molar-refractivity contribution in [3.05, 3.63) is 12.7 Å². The highest BCUT2D eigenvalue weighted by molar-refractivity contribution is 5.84. The first-order valence-electron chi connectivity index (χ1n) is 5.81. The molecule has 0 aliphatic heterocycles. The van der Waals surface area contributed by atoms with Crippen molar-refractivity contribution in [3.63, 3.8) is 0 Å². The number of hydrogen-bond acceptors (Lipinski definition) is 2. The molecule has 0 aliphatic carbocycles. The molecule has 98 valence electrons. The molecule has 0 heterocycles. The number of nitrogens with one attached hydrogen (secondary N) is 3. The van der Waals surface area contributed by atoms with E-state index >= 15 is 0 Å². The van der Waals surface area contributed by atoms with Gasteiger partial charge in [-0.2, -0.15) is 0 Å². The molecule has 0 radical (unpaired) electrons. The minimum absolute atomic E-state index is 0.0340. The zero-order chi connectivity index (χ0) is 13.3. The molecule has 0 fully saturated rings. The molecule has 0 saturated heterocycles. The maximum atomic E-state index is 11.8. The van der Waals surface area contributed by atoms with Crippen LogP contribution in [-0.4, -0.2) is 38.5 Å². The lowest BCUT2D eigenvalue weighted by molar-refractivity contribution is -0.128. The molecular weight excluding hydrogens is 216 g/mol. The summed E-state index contributed by atoms with van der Waals surface area (Å²) in [4.78, 5) is 15.8. The Labute approximate surface area is 104 Å². The Morgan fingerprint density at radius 1 is 1.35 bits per heavy atom. The van der Waals surface area contributed by atoms with Crippen molar-refractivity contribution in [2.45, 2.75) is 20.8 Å². The summed E-state index contributed by atoms with van der Waals surface area (Å²) in [7, 11) is 1.69. The Hall–Kier alpha value is -1.52. The number of nitrogens with zero attached hydrogens (tertiary/aromatic N) is 1. The predicted octanol–water partition coefficient (Wildman–Crippen LogP) is 0.500. The summed E-state index contributed by atoms with van der Waals surface area (Å²) in [5.41, 5.74) is -0.470. The van der Waals surface area contributed by atoms with Gasteiger partial charge in [-0.15, -0.1) is 6.58 Å². The Morgan fingerprint density at radius 3 is 2.47 bits per heavy atom. The molecule has 0 spiro atoms. The van der Waals surface area contributed by atoms with Crippen LogP contribution in [-0.2, 0) is 4.79 Å². The number of carbonyl (C=O) groups is 1. The van der Waals surface area contributed by atoms with E-state index in [0.717, 1.165) is 0 Å². The van der Waals surface area contributed by atoms with Gasteiger partial charge in [-0.05, 0) is 20.8 Å². The van der Waals surface area contributed by atoms with Crippen LogP contribution in [0.15, 0.2) is 17.6 Å². The van der Waals surface area contributed by atoms with Crippen LogP contribution in [0.2, 0.25) is 0 Å². The van der Waals surface area contributed by atoms with E-state index in [2.05, 4.69) is 27.5 Å². The second-order valence-corrected chi connectivity index (χ2v) is 4.34. The molecule has 0 aliphatic rings. The van der Waals surface area contributed by atoms with E-state index < -0.39 is 5.41 Å². The topological polar surface area (TPSA) is 65.5 Å². The van der Waals surface area contributed by atoms with Gasteiger partial charge in [0.1, 0.15) is 0 Å². The SMILES string of the molecule is C=CCNC(=NC)NCC(C)(C)C(=O)NCC. The highest BCUT2D eigenvalue weighted by atomic mass is 16.2. The van der Waals surface area contributed by atoms with E-state index in [0.29, 0.717) is 25.6 Å². The van der Waals surface area contributed by atoms with Crippen LogP contribution in [0.25, 0.3) is 0 Å². The van der Waals surface area contributed by atoms with Crippen molar-refractivity contribution in [2.75, 3.05) is 26.7 Å². The minimum atomic E-state index is -0.470. The average Bonchev–Trinajstić information content (AvgIpc) is 2.29. The first kappa shape index (κ1) is 15.5. The Kier molecular flexibility index (Phi) is 7.02. The molecule has 17 heavy (non-hydrogen) atoms. The van der Waals surface area contributed by atoms with E-state index in [1.807, 2.05) is 20.8 Å². The van der Waals surface area contributed by atoms with Crippen molar-refractivity contribution < 1.29 is 4.79 Å². The van der Waals surface area contributed by atoms with Crippen LogP contribution in [0, 0.1) is 5.41 Å². The van der Waals surface area contributed by atoms with Crippen molar-refractivity contribution >= 4 is 11.9 Å². The summed E-state index contributed by atoms with van der Waals surface area (Å²) in [6.07, 6.45) is 1.75. The number of guanidine groups is 1. The number of rotatable bonds is 6. The van der Waals surface area contributed by atoms with E-state index in [4.69, 9.17) is 0 Å². The predicted molar refractivity (Wildman–Crippen MR) is 72.0 cm³/mol. The monoisotopic (exact) mass is 240 g/mol. The Balaban J connectivity index is 4.23. The van der Waals surface area contributed by atoms with Crippen molar-refractivity contribution in [1.82, 2.24) is 16.0 Å². The smallest absolute Gasteiger partial charge is 0.227 e. The summed E-state index contributed by atoms with van der Waals surface area (Å²) in [5.74, 6) is 0.703. The first-order valence-corrected chi connectivity index (χ1v) is 5.81. The standard InChI is InChI=1S/C12H24N4O/c1-6-8-15-11(13-5)16-9-12(3,4)10(17)14-7-2/h6H,1,7-9H2,2-5H3,(H,14,17)(H2,13,15,16). The molecule has 3 N–H and O–H groups in total. The fraction of sp³-hybridized carbons (Fsp3) is 0.667. The van der Waals surface area contributed by atoms with Gasteiger partial charge in [0.15, 0.2) is 5.96 Å². The fourth-order valence-electron chi connectivity index (χ4n) is 1.17. The Morgan fingerprint density at radius 2 is 2.00 bits per heavy atom. The summed E-state index contributed by atoms with van der Waals surface area (Å²) in [6, 6.07) is 0. The van der Waals surface area contributed by atoms with Crippen LogP contribution >= 0.6 is 0 Å². The molecule has 0 bridgehead atoms. The lowest BCUT2D eigenvalue weighted by atomic mass is 9.92. The summed E-state index contributed by atoms with van der Waals surface area (Å²) in [6.45, 7) is 11.1. The summed E-state index contributed by atoms with van der Waals surface area (Å²) >= 11 is 0. The molecule has 5 nitrogen and oxygen atoms in total. The van der Waals surface area contributed by atoms with Crippen LogP contribution in [0.5, 0.6) is 0 Å². The third-order valence-corrected chi connectivity index (χ3v) is 2.29. The zero-order valence-electron chi connectivity index (χ0n) is 11.3. The second-order valence-electron chi connectivity index (χ2n) is 4.34. The van der Waals surface area contributed by atoms with Gasteiger partial charge in [-0.3, -0.25) is 9.79 Å². The van der Waals surface area contributed by atoms with Crippen molar-refractivity contribution in [3.8, 4) is 0 Å². The highest BCUT2D eigenvalue weighted by Crippen LogP contribution is 2.13. The normalized spacial score (nSPS) is 11.9. The Bertz CT molecular complexity index is 284. The van der Waals surface area contributed by atoms with E-state index in [-0.39, 0.29) is 5.91 Å². The van der Waals surface area contributed by atoms with Gasteiger partial charge >= 0.3 is 0 Å². The highest BCUT2D eigenvalue weighted by Gasteiger charge is 2.27. The van der Waals surface area contributed by atoms with Gasteiger partial charge in [0.05, 0.1) is 5.41 Å². The molecule has 0 aromatic rings. The third-order valence-electron chi connectivity index (χ3n) is 2.29. The van der Waals surface area contributed by atoms with Gasteiger partial charge in [-0.1, -0.05) is 6.08 Å². The van der Waals surface area contributed by atoms with Gasteiger partial charge in [0, 0.05) is 26.7 Å². The van der Waals surface area contributed by atoms with Crippen LogP contribution < -0.4 is 16.0 Å². The molecule has 5 heteroatoms.